The lowest BCUT2D eigenvalue weighted by Gasteiger charge is -2.07. The number of furan rings is 2. The monoisotopic (exact) mass is 494 g/mol. The highest BCUT2D eigenvalue weighted by Crippen LogP contribution is 2.18. The zero-order valence-corrected chi connectivity index (χ0v) is 19.4. The van der Waals surface area contributed by atoms with Crippen LogP contribution in [-0.4, -0.2) is 41.2 Å². The van der Waals surface area contributed by atoms with E-state index in [1.54, 1.807) is 12.1 Å². The average Bonchev–Trinajstić information content (AvgIpc) is 3.47. The quantitative estimate of drug-likeness (QED) is 0.335. The summed E-state index contributed by atoms with van der Waals surface area (Å²) in [4.78, 5) is 12.0. The first kappa shape index (κ1) is 24.5. The highest BCUT2D eigenvalue weighted by atomic mass is 32.2. The van der Waals surface area contributed by atoms with Gasteiger partial charge in [-0.15, -0.1) is 0 Å². The Hall–Kier alpha value is -3.19. The summed E-state index contributed by atoms with van der Waals surface area (Å²) in [5, 5.41) is -0.247. The van der Waals surface area contributed by atoms with Crippen molar-refractivity contribution in [1.29, 1.82) is 0 Å². The van der Waals surface area contributed by atoms with E-state index in [-0.39, 0.29) is 28.9 Å². The molecule has 3 rings (SSSR count). The molecular weight excluding hydrogens is 472 g/mol. The number of hydrogen-bond donors (Lipinski definition) is 1. The topological polar surface area (TPSA) is 136 Å². The minimum absolute atomic E-state index is 0.0288. The Morgan fingerprint density at radius 2 is 1.76 bits per heavy atom. The fourth-order valence-corrected chi connectivity index (χ4v) is 4.34. The summed E-state index contributed by atoms with van der Waals surface area (Å²) in [5.41, 5.74) is 0.578. The zero-order chi connectivity index (χ0) is 24.1. The van der Waals surface area contributed by atoms with E-state index in [2.05, 4.69) is 4.72 Å². The van der Waals surface area contributed by atoms with Crippen LogP contribution in [0.25, 0.3) is 6.08 Å². The van der Waals surface area contributed by atoms with Crippen molar-refractivity contribution in [2.45, 2.75) is 23.1 Å². The number of esters is 1. The number of benzene rings is 1. The number of hydrogen-bond acceptors (Lipinski definition) is 8. The van der Waals surface area contributed by atoms with Gasteiger partial charge in [-0.05, 0) is 48.0 Å². The van der Waals surface area contributed by atoms with E-state index in [0.717, 1.165) is 4.31 Å². The smallest absolute Gasteiger partial charge is 0.331 e. The fraction of sp³-hybridized carbons (Fsp3) is 0.190. The molecule has 33 heavy (non-hydrogen) atoms. The second kappa shape index (κ2) is 10.2. The average molecular weight is 495 g/mol. The van der Waals surface area contributed by atoms with E-state index in [4.69, 9.17) is 13.6 Å². The van der Waals surface area contributed by atoms with Crippen molar-refractivity contribution in [1.82, 2.24) is 9.03 Å². The Morgan fingerprint density at radius 1 is 1.03 bits per heavy atom. The van der Waals surface area contributed by atoms with Crippen molar-refractivity contribution in [3.05, 3.63) is 78.0 Å². The number of rotatable bonds is 10. The molecule has 0 fully saturated rings. The van der Waals surface area contributed by atoms with Gasteiger partial charge in [0, 0.05) is 20.2 Å². The largest absolute Gasteiger partial charge is 0.468 e. The zero-order valence-electron chi connectivity index (χ0n) is 17.8. The molecule has 0 aliphatic carbocycles. The van der Waals surface area contributed by atoms with Crippen molar-refractivity contribution in [3.8, 4) is 0 Å². The van der Waals surface area contributed by atoms with Crippen molar-refractivity contribution >= 4 is 32.1 Å². The molecule has 2 aromatic heterocycles. The van der Waals surface area contributed by atoms with Gasteiger partial charge in [0.2, 0.25) is 15.1 Å². The Labute approximate surface area is 191 Å². The van der Waals surface area contributed by atoms with Crippen LogP contribution >= 0.6 is 0 Å². The first-order valence-corrected chi connectivity index (χ1v) is 12.5. The van der Waals surface area contributed by atoms with Crippen LogP contribution in [0.15, 0.2) is 79.7 Å². The summed E-state index contributed by atoms with van der Waals surface area (Å²) < 4.78 is 67.4. The Bertz CT molecular complexity index is 1320. The summed E-state index contributed by atoms with van der Waals surface area (Å²) >= 11 is 0. The molecule has 3 aromatic rings. The van der Waals surface area contributed by atoms with Crippen LogP contribution in [0.5, 0.6) is 0 Å². The molecule has 0 radical (unpaired) electrons. The molecule has 0 aliphatic rings. The number of nitrogens with one attached hydrogen (secondary N) is 1. The van der Waals surface area contributed by atoms with Crippen LogP contribution in [-0.2, 0) is 42.7 Å². The Balaban J connectivity index is 1.53. The molecule has 0 amide bonds. The van der Waals surface area contributed by atoms with Gasteiger partial charge in [-0.25, -0.2) is 30.7 Å². The second-order valence-corrected chi connectivity index (χ2v) is 10.8. The van der Waals surface area contributed by atoms with E-state index in [0.29, 0.717) is 11.3 Å². The van der Waals surface area contributed by atoms with Crippen LogP contribution in [0.3, 0.4) is 0 Å². The van der Waals surface area contributed by atoms with Gasteiger partial charge in [0.25, 0.3) is 10.0 Å². The molecule has 0 saturated heterocycles. The van der Waals surface area contributed by atoms with Crippen LogP contribution in [0.4, 0.5) is 0 Å². The molecule has 2 heterocycles. The predicted molar refractivity (Wildman–Crippen MR) is 118 cm³/mol. The third-order valence-electron chi connectivity index (χ3n) is 4.35. The molecule has 0 unspecified atom stereocenters. The molecule has 0 atom stereocenters. The first-order chi connectivity index (χ1) is 15.6. The number of carbonyl (C=O) groups excluding carboxylic acids is 1. The minimum Gasteiger partial charge on any atom is -0.468 e. The Morgan fingerprint density at radius 3 is 2.39 bits per heavy atom. The van der Waals surface area contributed by atoms with Gasteiger partial charge in [0.05, 0.1) is 17.7 Å². The second-order valence-electron chi connectivity index (χ2n) is 6.92. The standard InChI is InChI=1S/C21H22N2O8S2/c1-23(2)33(27,28)21-12-8-18(31-21)15-30-20(24)11-7-16-5-9-19(10-6-16)32(25,26)22-14-17-4-3-13-29-17/h3-13,22H,14-15H2,1-2H3/b11-7+. The van der Waals surface area contributed by atoms with Crippen molar-refractivity contribution < 1.29 is 35.2 Å². The highest BCUT2D eigenvalue weighted by Gasteiger charge is 2.21. The summed E-state index contributed by atoms with van der Waals surface area (Å²) in [6.07, 6.45) is 4.08. The van der Waals surface area contributed by atoms with Crippen molar-refractivity contribution in [3.63, 3.8) is 0 Å². The maximum absolute atomic E-state index is 12.3. The SMILES string of the molecule is CN(C)S(=O)(=O)c1ccc(COC(=O)/C=C/c2ccc(S(=O)(=O)NCc3ccco3)cc2)o1. The lowest BCUT2D eigenvalue weighted by atomic mass is 10.2. The van der Waals surface area contributed by atoms with E-state index in [1.807, 2.05) is 0 Å². The molecule has 0 bridgehead atoms. The Kier molecular flexibility index (Phi) is 7.53. The molecule has 0 spiro atoms. The number of sulfonamides is 2. The molecule has 10 nitrogen and oxygen atoms in total. The molecular formula is C21H22N2O8S2. The maximum Gasteiger partial charge on any atom is 0.331 e. The molecule has 176 valence electrons. The molecule has 0 saturated carbocycles. The summed E-state index contributed by atoms with van der Waals surface area (Å²) in [6.45, 7) is -0.217. The summed E-state index contributed by atoms with van der Waals surface area (Å²) in [5.74, 6) is -0.0178. The normalized spacial score (nSPS) is 12.5. The first-order valence-electron chi connectivity index (χ1n) is 9.56. The number of nitrogens with zero attached hydrogens (tertiary/aromatic N) is 1. The molecule has 12 heteroatoms. The molecule has 1 N–H and O–H groups in total. The third-order valence-corrected chi connectivity index (χ3v) is 7.45. The summed E-state index contributed by atoms with van der Waals surface area (Å²) in [6, 6.07) is 11.9. The third kappa shape index (κ3) is 6.42. The van der Waals surface area contributed by atoms with Gasteiger partial charge in [0.1, 0.15) is 18.1 Å². The van der Waals surface area contributed by atoms with Crippen LogP contribution in [0, 0.1) is 0 Å². The number of carbonyl (C=O) groups is 1. The number of ether oxygens (including phenoxy) is 1. The lowest BCUT2D eigenvalue weighted by molar-refractivity contribution is -0.139. The van der Waals surface area contributed by atoms with E-state index in [9.17, 15) is 21.6 Å². The van der Waals surface area contributed by atoms with Gasteiger partial charge in [-0.1, -0.05) is 12.1 Å². The molecule has 0 aliphatic heterocycles. The van der Waals surface area contributed by atoms with Gasteiger partial charge >= 0.3 is 5.97 Å². The maximum atomic E-state index is 12.3. The minimum atomic E-state index is -3.72. The van der Waals surface area contributed by atoms with E-state index < -0.39 is 26.0 Å². The van der Waals surface area contributed by atoms with E-state index >= 15 is 0 Å². The van der Waals surface area contributed by atoms with Gasteiger partial charge in [-0.2, -0.15) is 0 Å². The van der Waals surface area contributed by atoms with Gasteiger partial charge in [0.15, 0.2) is 0 Å². The lowest BCUT2D eigenvalue weighted by Crippen LogP contribution is -2.22. The molecule has 1 aromatic carbocycles. The van der Waals surface area contributed by atoms with Crippen LogP contribution < -0.4 is 4.72 Å². The summed E-state index contributed by atoms with van der Waals surface area (Å²) in [7, 11) is -4.68. The van der Waals surface area contributed by atoms with E-state index in [1.165, 1.54) is 68.9 Å². The van der Waals surface area contributed by atoms with Gasteiger partial charge in [-0.3, -0.25) is 0 Å². The van der Waals surface area contributed by atoms with Crippen LogP contribution in [0.2, 0.25) is 0 Å². The van der Waals surface area contributed by atoms with Crippen LogP contribution in [0.1, 0.15) is 17.1 Å². The van der Waals surface area contributed by atoms with Gasteiger partial charge < -0.3 is 13.6 Å². The van der Waals surface area contributed by atoms with Crippen molar-refractivity contribution in [2.75, 3.05) is 14.1 Å². The predicted octanol–water partition coefficient (Wildman–Crippen LogP) is 2.36. The van der Waals surface area contributed by atoms with Crippen molar-refractivity contribution in [2.24, 2.45) is 0 Å². The highest BCUT2D eigenvalue weighted by molar-refractivity contribution is 7.89. The fourth-order valence-electron chi connectivity index (χ4n) is 2.53.